The second-order valence-corrected chi connectivity index (χ2v) is 4.60. The Morgan fingerprint density at radius 3 is 2.24 bits per heavy atom. The van der Waals surface area contributed by atoms with Gasteiger partial charge >= 0.3 is 0 Å². The molecule has 1 aliphatic rings. The Morgan fingerprint density at radius 1 is 1.18 bits per heavy atom. The van der Waals surface area contributed by atoms with Crippen LogP contribution in [-0.4, -0.2) is 14.2 Å². The van der Waals surface area contributed by atoms with Crippen molar-refractivity contribution in [2.75, 3.05) is 14.2 Å². The second kappa shape index (κ2) is 3.96. The van der Waals surface area contributed by atoms with Crippen molar-refractivity contribution < 1.29 is 9.47 Å². The summed E-state index contributed by atoms with van der Waals surface area (Å²) in [4.78, 5) is 0. The first kappa shape index (κ1) is 11.8. The lowest BCUT2D eigenvalue weighted by molar-refractivity contribution is 0.391. The fourth-order valence-corrected chi connectivity index (χ4v) is 2.26. The van der Waals surface area contributed by atoms with E-state index in [2.05, 4.69) is 6.07 Å². The molecule has 1 aromatic carbocycles. The fraction of sp³-hybridized carbons (Fsp3) is 0.500. The van der Waals surface area contributed by atoms with Crippen LogP contribution in [0.5, 0.6) is 11.5 Å². The number of hydrogen-bond acceptors (Lipinski definition) is 3. The zero-order valence-electron chi connectivity index (χ0n) is 10.8. The van der Waals surface area contributed by atoms with Gasteiger partial charge in [0.15, 0.2) is 0 Å². The van der Waals surface area contributed by atoms with E-state index in [1.165, 1.54) is 0 Å². The molecule has 3 nitrogen and oxygen atoms in total. The maximum Gasteiger partial charge on any atom is 0.127 e. The first-order chi connectivity index (χ1) is 8.09. The molecule has 1 aromatic rings. The predicted molar refractivity (Wildman–Crippen MR) is 65.5 cm³/mol. The molecular formula is C14H17NO2. The van der Waals surface area contributed by atoms with E-state index in [9.17, 15) is 5.26 Å². The Labute approximate surface area is 102 Å². The third-order valence-corrected chi connectivity index (χ3v) is 3.70. The molecule has 90 valence electrons. The highest BCUT2D eigenvalue weighted by atomic mass is 16.5. The third kappa shape index (κ3) is 1.64. The van der Waals surface area contributed by atoms with Crippen molar-refractivity contribution in [1.29, 1.82) is 5.26 Å². The topological polar surface area (TPSA) is 42.2 Å². The molecule has 1 aliphatic carbocycles. The lowest BCUT2D eigenvalue weighted by atomic mass is 9.92. The van der Waals surface area contributed by atoms with E-state index < -0.39 is 0 Å². The molecule has 0 spiro atoms. The quantitative estimate of drug-likeness (QED) is 0.803. The number of hydrogen-bond donors (Lipinski definition) is 0. The van der Waals surface area contributed by atoms with Gasteiger partial charge < -0.3 is 9.47 Å². The highest BCUT2D eigenvalue weighted by molar-refractivity contribution is 5.58. The first-order valence-electron chi connectivity index (χ1n) is 5.73. The lowest BCUT2D eigenvalue weighted by Crippen LogP contribution is -2.08. The summed E-state index contributed by atoms with van der Waals surface area (Å²) in [5.74, 6) is 1.67. The number of rotatable bonds is 3. The first-order valence-corrected chi connectivity index (χ1v) is 5.73. The average molecular weight is 231 g/mol. The van der Waals surface area contributed by atoms with Crippen LogP contribution in [0.2, 0.25) is 0 Å². The Kier molecular flexibility index (Phi) is 2.74. The summed E-state index contributed by atoms with van der Waals surface area (Å²) in [6.45, 7) is 4.01. The summed E-state index contributed by atoms with van der Waals surface area (Å²) >= 11 is 0. The molecule has 1 fully saturated rings. The zero-order valence-corrected chi connectivity index (χ0v) is 10.8. The summed E-state index contributed by atoms with van der Waals surface area (Å²) < 4.78 is 10.8. The third-order valence-electron chi connectivity index (χ3n) is 3.70. The van der Waals surface area contributed by atoms with Crippen LogP contribution in [0.25, 0.3) is 0 Å². The summed E-state index contributed by atoms with van der Waals surface area (Å²) in [5.41, 5.74) is 2.75. The highest BCUT2D eigenvalue weighted by Crippen LogP contribution is 2.53. The second-order valence-electron chi connectivity index (χ2n) is 4.60. The van der Waals surface area contributed by atoms with Crippen molar-refractivity contribution in [1.82, 2.24) is 0 Å². The van der Waals surface area contributed by atoms with Crippen LogP contribution in [0.3, 0.4) is 0 Å². The molecule has 0 radical (unpaired) electrons. The number of methoxy groups -OCH3 is 2. The van der Waals surface area contributed by atoms with Crippen molar-refractivity contribution in [3.8, 4) is 17.6 Å². The number of benzene rings is 1. The average Bonchev–Trinajstić information content (AvgIpc) is 3.13. The van der Waals surface area contributed by atoms with Crippen LogP contribution in [-0.2, 0) is 5.41 Å². The van der Waals surface area contributed by atoms with E-state index in [1.807, 2.05) is 19.9 Å². The molecule has 3 heteroatoms. The van der Waals surface area contributed by atoms with Crippen LogP contribution in [0.15, 0.2) is 6.07 Å². The monoisotopic (exact) mass is 231 g/mol. The SMILES string of the molecule is COc1cc(C2(C#N)CC2)c(OC)c(C)c1C. The molecule has 0 aliphatic heterocycles. The van der Waals surface area contributed by atoms with Gasteiger partial charge in [0.1, 0.15) is 11.5 Å². The Morgan fingerprint density at radius 2 is 1.82 bits per heavy atom. The van der Waals surface area contributed by atoms with Crippen LogP contribution in [0.4, 0.5) is 0 Å². The van der Waals surface area contributed by atoms with Crippen molar-refractivity contribution in [2.45, 2.75) is 32.1 Å². The molecule has 0 atom stereocenters. The van der Waals surface area contributed by atoms with Gasteiger partial charge in [0.05, 0.1) is 25.7 Å². The Balaban J connectivity index is 2.67. The molecule has 2 rings (SSSR count). The van der Waals surface area contributed by atoms with Gasteiger partial charge in [0.2, 0.25) is 0 Å². The van der Waals surface area contributed by atoms with Crippen molar-refractivity contribution in [3.63, 3.8) is 0 Å². The van der Waals surface area contributed by atoms with E-state index in [-0.39, 0.29) is 5.41 Å². The van der Waals surface area contributed by atoms with Gasteiger partial charge in [0, 0.05) is 5.56 Å². The molecule has 1 saturated carbocycles. The fourth-order valence-electron chi connectivity index (χ4n) is 2.26. The molecule has 0 bridgehead atoms. The molecule has 0 aromatic heterocycles. The van der Waals surface area contributed by atoms with Crippen molar-refractivity contribution in [3.05, 3.63) is 22.8 Å². The van der Waals surface area contributed by atoms with E-state index in [0.717, 1.165) is 41.0 Å². The number of nitriles is 1. The zero-order chi connectivity index (χ0) is 12.6. The van der Waals surface area contributed by atoms with Gasteiger partial charge in [-0.15, -0.1) is 0 Å². The minimum atomic E-state index is -0.350. The molecule has 0 amide bonds. The van der Waals surface area contributed by atoms with Gasteiger partial charge in [-0.1, -0.05) is 0 Å². The Bertz CT molecular complexity index is 496. The van der Waals surface area contributed by atoms with Gasteiger partial charge in [0.25, 0.3) is 0 Å². The van der Waals surface area contributed by atoms with E-state index in [0.29, 0.717) is 0 Å². The van der Waals surface area contributed by atoms with Crippen molar-refractivity contribution in [2.24, 2.45) is 0 Å². The maximum atomic E-state index is 9.31. The van der Waals surface area contributed by atoms with E-state index in [4.69, 9.17) is 9.47 Å². The lowest BCUT2D eigenvalue weighted by Gasteiger charge is -2.19. The van der Waals surface area contributed by atoms with Crippen molar-refractivity contribution >= 4 is 0 Å². The molecule has 0 heterocycles. The van der Waals surface area contributed by atoms with Gasteiger partial charge in [-0.05, 0) is 43.9 Å². The molecular weight excluding hydrogens is 214 g/mol. The summed E-state index contributed by atoms with van der Waals surface area (Å²) in [6.07, 6.45) is 1.82. The van der Waals surface area contributed by atoms with Crippen LogP contribution < -0.4 is 9.47 Å². The molecule has 0 unspecified atom stereocenters. The molecule has 17 heavy (non-hydrogen) atoms. The van der Waals surface area contributed by atoms with Gasteiger partial charge in [-0.3, -0.25) is 0 Å². The maximum absolute atomic E-state index is 9.31. The summed E-state index contributed by atoms with van der Waals surface area (Å²) in [7, 11) is 3.31. The molecule has 0 N–H and O–H groups in total. The Hall–Kier alpha value is -1.69. The summed E-state index contributed by atoms with van der Waals surface area (Å²) in [6, 6.07) is 4.36. The smallest absolute Gasteiger partial charge is 0.127 e. The largest absolute Gasteiger partial charge is 0.496 e. The van der Waals surface area contributed by atoms with E-state index in [1.54, 1.807) is 14.2 Å². The van der Waals surface area contributed by atoms with Gasteiger partial charge in [-0.25, -0.2) is 0 Å². The van der Waals surface area contributed by atoms with Gasteiger partial charge in [-0.2, -0.15) is 5.26 Å². The normalized spacial score (nSPS) is 16.2. The van der Waals surface area contributed by atoms with E-state index >= 15 is 0 Å². The molecule has 0 saturated heterocycles. The number of ether oxygens (including phenoxy) is 2. The standard InChI is InChI=1S/C14H17NO2/c1-9-10(2)13(17-4)11(7-12(9)16-3)14(8-15)5-6-14/h7H,5-6H2,1-4H3. The minimum absolute atomic E-state index is 0.350. The summed E-state index contributed by atoms with van der Waals surface area (Å²) in [5, 5.41) is 9.31. The highest BCUT2D eigenvalue weighted by Gasteiger charge is 2.47. The van der Waals surface area contributed by atoms with Crippen LogP contribution in [0.1, 0.15) is 29.5 Å². The predicted octanol–water partition coefficient (Wildman–Crippen LogP) is 2.88. The minimum Gasteiger partial charge on any atom is -0.496 e. The number of nitrogens with zero attached hydrogens (tertiary/aromatic N) is 1. The van der Waals surface area contributed by atoms with Crippen LogP contribution in [0, 0.1) is 25.2 Å². The van der Waals surface area contributed by atoms with Crippen LogP contribution >= 0.6 is 0 Å².